The van der Waals surface area contributed by atoms with E-state index in [4.69, 9.17) is 5.11 Å². The Morgan fingerprint density at radius 3 is 2.30 bits per heavy atom. The van der Waals surface area contributed by atoms with Crippen LogP contribution in [0.4, 0.5) is 0 Å². The van der Waals surface area contributed by atoms with E-state index in [1.54, 1.807) is 17.8 Å². The van der Waals surface area contributed by atoms with Crippen LogP contribution in [0.2, 0.25) is 0 Å². The quantitative estimate of drug-likeness (QED) is 0.932. The van der Waals surface area contributed by atoms with Crippen molar-refractivity contribution in [3.05, 3.63) is 41.6 Å². The molecule has 0 saturated heterocycles. The summed E-state index contributed by atoms with van der Waals surface area (Å²) in [6.45, 7) is 6.63. The highest BCUT2D eigenvalue weighted by Gasteiger charge is 2.14. The molecule has 0 bridgehead atoms. The van der Waals surface area contributed by atoms with Crippen LogP contribution < -0.4 is 0 Å². The summed E-state index contributed by atoms with van der Waals surface area (Å²) in [5.74, 6) is -1.00. The van der Waals surface area contributed by atoms with Crippen LogP contribution in [0.25, 0.3) is 11.3 Å². The van der Waals surface area contributed by atoms with Gasteiger partial charge >= 0.3 is 5.97 Å². The van der Waals surface area contributed by atoms with Crippen molar-refractivity contribution < 1.29 is 9.90 Å². The number of carbonyl (C=O) groups is 1. The Balaban J connectivity index is 2.28. The lowest BCUT2D eigenvalue weighted by molar-refractivity contribution is 0.0689. The van der Waals surface area contributed by atoms with Crippen molar-refractivity contribution in [1.29, 1.82) is 0 Å². The fraction of sp³-hybridized carbons (Fsp3) is 0.375. The maximum Gasteiger partial charge on any atom is 0.356 e. The number of nitrogens with zero attached hydrogens (tertiary/aromatic N) is 2. The van der Waals surface area contributed by atoms with Crippen LogP contribution in [0.5, 0.6) is 0 Å². The summed E-state index contributed by atoms with van der Waals surface area (Å²) in [6.07, 6.45) is 1.01. The van der Waals surface area contributed by atoms with E-state index in [1.807, 2.05) is 12.1 Å². The van der Waals surface area contributed by atoms with Crippen molar-refractivity contribution in [3.8, 4) is 11.3 Å². The van der Waals surface area contributed by atoms with Crippen molar-refractivity contribution in [2.75, 3.05) is 0 Å². The zero-order chi connectivity index (χ0) is 14.9. The maximum absolute atomic E-state index is 10.9. The Bertz CT molecular complexity index is 619. The largest absolute Gasteiger partial charge is 0.476 e. The van der Waals surface area contributed by atoms with Crippen molar-refractivity contribution in [1.82, 2.24) is 9.78 Å². The lowest BCUT2D eigenvalue weighted by Gasteiger charge is -2.18. The van der Waals surface area contributed by atoms with Gasteiger partial charge in [-0.3, -0.25) is 4.68 Å². The molecule has 0 radical (unpaired) electrons. The third-order valence-corrected chi connectivity index (χ3v) is 3.08. The third kappa shape index (κ3) is 3.26. The Morgan fingerprint density at radius 2 is 1.85 bits per heavy atom. The average Bonchev–Trinajstić information content (AvgIpc) is 2.70. The zero-order valence-corrected chi connectivity index (χ0v) is 12.3. The van der Waals surface area contributed by atoms with Crippen LogP contribution >= 0.6 is 0 Å². The number of hydrogen-bond acceptors (Lipinski definition) is 2. The molecule has 0 spiro atoms. The summed E-state index contributed by atoms with van der Waals surface area (Å²) in [6, 6.07) is 9.82. The maximum atomic E-state index is 10.9. The summed E-state index contributed by atoms with van der Waals surface area (Å²) < 4.78 is 1.60. The molecule has 2 rings (SSSR count). The molecule has 20 heavy (non-hydrogen) atoms. The molecule has 0 atom stereocenters. The number of carboxylic acids is 1. The number of aromatic nitrogens is 2. The van der Waals surface area contributed by atoms with Gasteiger partial charge in [0.2, 0.25) is 0 Å². The van der Waals surface area contributed by atoms with Gasteiger partial charge in [0.1, 0.15) is 0 Å². The monoisotopic (exact) mass is 272 g/mol. The fourth-order valence-corrected chi connectivity index (χ4v) is 2.25. The van der Waals surface area contributed by atoms with Crippen molar-refractivity contribution >= 4 is 5.97 Å². The molecule has 4 nitrogen and oxygen atoms in total. The van der Waals surface area contributed by atoms with Gasteiger partial charge in [-0.05, 0) is 29.0 Å². The molecule has 0 unspecified atom stereocenters. The molecule has 0 aliphatic heterocycles. The van der Waals surface area contributed by atoms with Gasteiger partial charge < -0.3 is 5.11 Å². The van der Waals surface area contributed by atoms with Gasteiger partial charge in [-0.2, -0.15) is 5.10 Å². The first-order valence-corrected chi connectivity index (χ1v) is 6.63. The lowest BCUT2D eigenvalue weighted by atomic mass is 9.88. The van der Waals surface area contributed by atoms with E-state index in [0.29, 0.717) is 0 Å². The molecule has 0 fully saturated rings. The van der Waals surface area contributed by atoms with Crippen LogP contribution in [0, 0.1) is 5.41 Å². The van der Waals surface area contributed by atoms with E-state index >= 15 is 0 Å². The lowest BCUT2D eigenvalue weighted by Crippen LogP contribution is -2.08. The van der Waals surface area contributed by atoms with Crippen LogP contribution in [0.3, 0.4) is 0 Å². The van der Waals surface area contributed by atoms with Gasteiger partial charge in [-0.15, -0.1) is 0 Å². The van der Waals surface area contributed by atoms with Crippen LogP contribution in [0.1, 0.15) is 36.8 Å². The van der Waals surface area contributed by atoms with Crippen LogP contribution in [-0.2, 0) is 13.5 Å². The SMILES string of the molecule is Cn1nc(C(=O)O)cc1-c1ccc(CC(C)(C)C)cc1. The van der Waals surface area contributed by atoms with E-state index < -0.39 is 5.97 Å². The second-order valence-electron chi connectivity index (χ2n) is 6.28. The molecule has 1 aromatic heterocycles. The van der Waals surface area contributed by atoms with Crippen molar-refractivity contribution in [2.24, 2.45) is 12.5 Å². The highest BCUT2D eigenvalue weighted by atomic mass is 16.4. The number of rotatable bonds is 3. The predicted molar refractivity (Wildman–Crippen MR) is 78.8 cm³/mol. The molecule has 0 amide bonds. The summed E-state index contributed by atoms with van der Waals surface area (Å²) in [4.78, 5) is 10.9. The van der Waals surface area contributed by atoms with Gasteiger partial charge in [-0.25, -0.2) is 4.79 Å². The normalized spacial score (nSPS) is 11.6. The second-order valence-corrected chi connectivity index (χ2v) is 6.28. The fourth-order valence-electron chi connectivity index (χ4n) is 2.25. The Morgan fingerprint density at radius 1 is 1.25 bits per heavy atom. The smallest absolute Gasteiger partial charge is 0.356 e. The number of benzene rings is 1. The van der Waals surface area contributed by atoms with Gasteiger partial charge in [0.05, 0.1) is 5.69 Å². The summed E-state index contributed by atoms with van der Waals surface area (Å²) in [5.41, 5.74) is 3.39. The topological polar surface area (TPSA) is 55.1 Å². The Hall–Kier alpha value is -2.10. The molecule has 1 heterocycles. The first-order valence-electron chi connectivity index (χ1n) is 6.63. The molecule has 0 aliphatic rings. The minimum absolute atomic E-state index is 0.0706. The first kappa shape index (κ1) is 14.3. The number of carboxylic acid groups (broad SMARTS) is 1. The third-order valence-electron chi connectivity index (χ3n) is 3.08. The highest BCUT2D eigenvalue weighted by molar-refractivity contribution is 5.87. The second kappa shape index (κ2) is 5.12. The van der Waals surface area contributed by atoms with E-state index in [9.17, 15) is 4.79 Å². The average molecular weight is 272 g/mol. The molecule has 0 saturated carbocycles. The first-order chi connectivity index (χ1) is 9.26. The number of aryl methyl sites for hydroxylation is 1. The summed E-state index contributed by atoms with van der Waals surface area (Å²) >= 11 is 0. The molecule has 0 aliphatic carbocycles. The molecular weight excluding hydrogens is 252 g/mol. The van der Waals surface area contributed by atoms with Gasteiger partial charge in [0.25, 0.3) is 0 Å². The van der Waals surface area contributed by atoms with E-state index in [-0.39, 0.29) is 11.1 Å². The van der Waals surface area contributed by atoms with Crippen LogP contribution in [-0.4, -0.2) is 20.9 Å². The Labute approximate surface area is 119 Å². The van der Waals surface area contributed by atoms with Crippen LogP contribution in [0.15, 0.2) is 30.3 Å². The van der Waals surface area contributed by atoms with Gasteiger partial charge in [0, 0.05) is 7.05 Å². The van der Waals surface area contributed by atoms with Gasteiger partial charge in [-0.1, -0.05) is 45.0 Å². The standard InChI is InChI=1S/C16H20N2O2/c1-16(2,3)10-11-5-7-12(8-6-11)14-9-13(15(19)20)17-18(14)4/h5-9H,10H2,1-4H3,(H,19,20). The number of aromatic carboxylic acids is 1. The molecule has 1 aromatic carbocycles. The van der Waals surface area contributed by atoms with Crippen molar-refractivity contribution in [2.45, 2.75) is 27.2 Å². The zero-order valence-electron chi connectivity index (χ0n) is 12.3. The Kier molecular flexibility index (Phi) is 3.66. The van der Waals surface area contributed by atoms with Gasteiger partial charge in [0.15, 0.2) is 5.69 Å². The summed E-state index contributed by atoms with van der Waals surface area (Å²) in [5, 5.41) is 13.0. The van der Waals surface area contributed by atoms with Crippen molar-refractivity contribution in [3.63, 3.8) is 0 Å². The number of hydrogen-bond donors (Lipinski definition) is 1. The molecule has 1 N–H and O–H groups in total. The molecule has 106 valence electrons. The molecule has 2 aromatic rings. The van der Waals surface area contributed by atoms with E-state index in [2.05, 4.69) is 38.0 Å². The highest BCUT2D eigenvalue weighted by Crippen LogP contribution is 2.24. The minimum atomic E-state index is -1.00. The minimum Gasteiger partial charge on any atom is -0.476 e. The predicted octanol–water partition coefficient (Wildman–Crippen LogP) is 3.37. The molecule has 4 heteroatoms. The molecular formula is C16H20N2O2. The summed E-state index contributed by atoms with van der Waals surface area (Å²) in [7, 11) is 1.75. The van der Waals surface area contributed by atoms with E-state index in [0.717, 1.165) is 17.7 Å². The van der Waals surface area contributed by atoms with E-state index in [1.165, 1.54) is 5.56 Å².